The van der Waals surface area contributed by atoms with E-state index in [-0.39, 0.29) is 5.91 Å². The third-order valence-electron chi connectivity index (χ3n) is 8.30. The van der Waals surface area contributed by atoms with Crippen LogP contribution in [0.1, 0.15) is 61.0 Å². The molecule has 0 atom stereocenters. The molecule has 0 bridgehead atoms. The van der Waals surface area contributed by atoms with Crippen LogP contribution in [0, 0.1) is 0 Å². The average Bonchev–Trinajstić information content (AvgIpc) is 3.44. The molecule has 1 saturated heterocycles. The Morgan fingerprint density at radius 1 is 1.06 bits per heavy atom. The molecular weight excluding hydrogens is 450 g/mol. The van der Waals surface area contributed by atoms with E-state index in [1.54, 1.807) is 0 Å². The van der Waals surface area contributed by atoms with Crippen LogP contribution in [0.15, 0.2) is 36.8 Å². The highest BCUT2D eigenvalue weighted by Crippen LogP contribution is 2.40. The van der Waals surface area contributed by atoms with Crippen molar-refractivity contribution in [3.63, 3.8) is 0 Å². The summed E-state index contributed by atoms with van der Waals surface area (Å²) in [7, 11) is 1.98. The number of amides is 1. The van der Waals surface area contributed by atoms with Crippen molar-refractivity contribution in [3.05, 3.63) is 59.2 Å². The highest BCUT2D eigenvalue weighted by Gasteiger charge is 2.30. The summed E-state index contributed by atoms with van der Waals surface area (Å²) in [5.74, 6) is 0.254. The maximum Gasteiger partial charge on any atom is 0.222 e. The van der Waals surface area contributed by atoms with E-state index in [1.165, 1.54) is 39.2 Å². The van der Waals surface area contributed by atoms with Crippen molar-refractivity contribution in [2.75, 3.05) is 31.2 Å². The molecule has 3 aliphatic rings. The number of ether oxygens (including phenoxy) is 1. The SMILES string of the molecule is CCC(=O)N1CCc2c(c(-c3cccc4c3CCCN(c3cnn(C)c3)C4)cn2C2CCOCC2)C1. The number of fused-ring (bicyclic) bond motifs is 2. The summed E-state index contributed by atoms with van der Waals surface area (Å²) in [5.41, 5.74) is 9.53. The molecule has 7 heteroatoms. The number of rotatable bonds is 4. The Balaban J connectivity index is 1.41. The van der Waals surface area contributed by atoms with E-state index in [9.17, 15) is 4.79 Å². The Morgan fingerprint density at radius 2 is 1.92 bits per heavy atom. The van der Waals surface area contributed by atoms with Crippen molar-refractivity contribution in [2.24, 2.45) is 7.05 Å². The van der Waals surface area contributed by atoms with Gasteiger partial charge in [0.2, 0.25) is 5.91 Å². The molecule has 0 radical (unpaired) electrons. The van der Waals surface area contributed by atoms with Gasteiger partial charge >= 0.3 is 0 Å². The average molecular weight is 488 g/mol. The quantitative estimate of drug-likeness (QED) is 0.544. The van der Waals surface area contributed by atoms with Crippen molar-refractivity contribution in [2.45, 2.75) is 64.6 Å². The van der Waals surface area contributed by atoms with Gasteiger partial charge in [-0.1, -0.05) is 25.1 Å². The van der Waals surface area contributed by atoms with Gasteiger partial charge < -0.3 is 19.1 Å². The van der Waals surface area contributed by atoms with E-state index in [2.05, 4.69) is 50.1 Å². The lowest BCUT2D eigenvalue weighted by Crippen LogP contribution is -2.36. The summed E-state index contributed by atoms with van der Waals surface area (Å²) in [4.78, 5) is 17.2. The second kappa shape index (κ2) is 9.77. The van der Waals surface area contributed by atoms with Crippen LogP contribution < -0.4 is 4.90 Å². The van der Waals surface area contributed by atoms with Crippen molar-refractivity contribution in [3.8, 4) is 11.1 Å². The molecule has 0 N–H and O–H groups in total. The predicted octanol–water partition coefficient (Wildman–Crippen LogP) is 4.49. The fourth-order valence-corrected chi connectivity index (χ4v) is 6.38. The number of aromatic nitrogens is 3. The van der Waals surface area contributed by atoms with Gasteiger partial charge in [-0.15, -0.1) is 0 Å². The van der Waals surface area contributed by atoms with Crippen LogP contribution in [-0.4, -0.2) is 51.5 Å². The van der Waals surface area contributed by atoms with Crippen molar-refractivity contribution >= 4 is 11.6 Å². The molecule has 5 heterocycles. The smallest absolute Gasteiger partial charge is 0.222 e. The monoisotopic (exact) mass is 487 g/mol. The summed E-state index contributed by atoms with van der Waals surface area (Å²) < 4.78 is 10.1. The number of carbonyl (C=O) groups excluding carboxylic acids is 1. The first kappa shape index (κ1) is 23.3. The number of anilines is 1. The predicted molar refractivity (Wildman–Crippen MR) is 141 cm³/mol. The number of hydrogen-bond acceptors (Lipinski definition) is 4. The Kier molecular flexibility index (Phi) is 6.34. The largest absolute Gasteiger partial charge is 0.381 e. The molecule has 7 nitrogen and oxygen atoms in total. The van der Waals surface area contributed by atoms with Gasteiger partial charge in [0, 0.05) is 94.5 Å². The van der Waals surface area contributed by atoms with Crippen LogP contribution in [-0.2, 0) is 42.5 Å². The molecule has 2 aromatic heterocycles. The van der Waals surface area contributed by atoms with Crippen LogP contribution in [0.2, 0.25) is 0 Å². The van der Waals surface area contributed by atoms with Crippen LogP contribution >= 0.6 is 0 Å². The van der Waals surface area contributed by atoms with Gasteiger partial charge in [-0.3, -0.25) is 9.48 Å². The van der Waals surface area contributed by atoms with Gasteiger partial charge in [-0.25, -0.2) is 0 Å². The van der Waals surface area contributed by atoms with E-state index in [1.807, 2.05) is 24.9 Å². The van der Waals surface area contributed by atoms with Crippen molar-refractivity contribution in [1.29, 1.82) is 0 Å². The standard InChI is InChI=1S/C29H37N5O2/c1-3-29(35)33-13-9-28-27(19-33)26(20-34(28)22-10-14-36-15-11-22)25-7-4-6-21-17-32(12-5-8-24(21)25)23-16-30-31(2)18-23/h4,6-7,16,18,20,22H,3,5,8-15,17,19H2,1-2H3. The van der Waals surface area contributed by atoms with Gasteiger partial charge in [0.25, 0.3) is 0 Å². The fourth-order valence-electron chi connectivity index (χ4n) is 6.38. The maximum absolute atomic E-state index is 12.7. The molecule has 1 amide bonds. The summed E-state index contributed by atoms with van der Waals surface area (Å²) in [6.07, 6.45) is 12.3. The van der Waals surface area contributed by atoms with Gasteiger partial charge in [0.15, 0.2) is 0 Å². The van der Waals surface area contributed by atoms with E-state index in [0.717, 1.165) is 71.5 Å². The second-order valence-corrected chi connectivity index (χ2v) is 10.5. The molecule has 3 aromatic rings. The minimum Gasteiger partial charge on any atom is -0.381 e. The molecule has 6 rings (SSSR count). The minimum absolute atomic E-state index is 0.254. The fraction of sp³-hybridized carbons (Fsp3) is 0.517. The lowest BCUT2D eigenvalue weighted by Gasteiger charge is -2.31. The van der Waals surface area contributed by atoms with Crippen molar-refractivity contribution in [1.82, 2.24) is 19.2 Å². The first-order chi connectivity index (χ1) is 17.6. The number of nitrogens with zero attached hydrogens (tertiary/aromatic N) is 5. The van der Waals surface area contributed by atoms with Gasteiger partial charge in [-0.05, 0) is 42.4 Å². The lowest BCUT2D eigenvalue weighted by molar-refractivity contribution is -0.131. The second-order valence-electron chi connectivity index (χ2n) is 10.5. The van der Waals surface area contributed by atoms with Crippen molar-refractivity contribution < 1.29 is 9.53 Å². The lowest BCUT2D eigenvalue weighted by atomic mass is 9.91. The Morgan fingerprint density at radius 3 is 2.69 bits per heavy atom. The molecule has 36 heavy (non-hydrogen) atoms. The topological polar surface area (TPSA) is 55.5 Å². The molecule has 3 aliphatic heterocycles. The van der Waals surface area contributed by atoms with E-state index < -0.39 is 0 Å². The molecule has 0 saturated carbocycles. The number of carbonyl (C=O) groups is 1. The Labute approximate surface area is 213 Å². The number of aryl methyl sites for hydroxylation is 1. The summed E-state index contributed by atoms with van der Waals surface area (Å²) in [6.45, 7) is 7.10. The Hall–Kier alpha value is -3.06. The first-order valence-electron chi connectivity index (χ1n) is 13.5. The van der Waals surface area contributed by atoms with E-state index >= 15 is 0 Å². The zero-order valence-electron chi connectivity index (χ0n) is 21.6. The third-order valence-corrected chi connectivity index (χ3v) is 8.30. The Bertz CT molecular complexity index is 1250. The molecule has 0 spiro atoms. The zero-order valence-corrected chi connectivity index (χ0v) is 21.6. The number of hydrogen-bond donors (Lipinski definition) is 0. The highest BCUT2D eigenvalue weighted by atomic mass is 16.5. The highest BCUT2D eigenvalue weighted by molar-refractivity contribution is 5.78. The normalized spacial score (nSPS) is 18.6. The third kappa shape index (κ3) is 4.23. The molecular formula is C29H37N5O2. The van der Waals surface area contributed by atoms with Gasteiger partial charge in [-0.2, -0.15) is 5.10 Å². The minimum atomic E-state index is 0.254. The molecule has 1 fully saturated rings. The van der Waals surface area contributed by atoms with Gasteiger partial charge in [0.1, 0.15) is 0 Å². The summed E-state index contributed by atoms with van der Waals surface area (Å²) in [5, 5.41) is 4.40. The molecule has 0 aliphatic carbocycles. The van der Waals surface area contributed by atoms with Crippen LogP contribution in [0.25, 0.3) is 11.1 Å². The molecule has 1 aromatic carbocycles. The zero-order chi connectivity index (χ0) is 24.6. The first-order valence-corrected chi connectivity index (χ1v) is 13.5. The number of benzene rings is 1. The maximum atomic E-state index is 12.7. The summed E-state index contributed by atoms with van der Waals surface area (Å²) >= 11 is 0. The van der Waals surface area contributed by atoms with Crippen LogP contribution in [0.4, 0.5) is 5.69 Å². The van der Waals surface area contributed by atoms with E-state index in [4.69, 9.17) is 4.74 Å². The molecule has 0 unspecified atom stereocenters. The summed E-state index contributed by atoms with van der Waals surface area (Å²) in [6, 6.07) is 7.31. The van der Waals surface area contributed by atoms with E-state index in [0.29, 0.717) is 12.5 Å². The molecule has 190 valence electrons. The van der Waals surface area contributed by atoms with Gasteiger partial charge in [0.05, 0.1) is 11.9 Å². The van der Waals surface area contributed by atoms with Crippen LogP contribution in [0.5, 0.6) is 0 Å². The van der Waals surface area contributed by atoms with Crippen LogP contribution in [0.3, 0.4) is 0 Å².